The fourth-order valence-corrected chi connectivity index (χ4v) is 1.51. The molecule has 0 aliphatic carbocycles. The van der Waals surface area contributed by atoms with E-state index in [0.717, 1.165) is 4.88 Å². The van der Waals surface area contributed by atoms with E-state index in [1.807, 2.05) is 11.4 Å². The van der Waals surface area contributed by atoms with Gasteiger partial charge < -0.3 is 10.2 Å². The SMILES string of the molecule is C=C[C@@H](O)[C@@H](O)c1cccs1. The first-order chi connectivity index (χ1) is 5.25. The highest BCUT2D eigenvalue weighted by molar-refractivity contribution is 7.10. The maximum absolute atomic E-state index is 9.37. The number of aliphatic hydroxyl groups is 2. The Morgan fingerprint density at radius 3 is 2.73 bits per heavy atom. The molecule has 0 aromatic carbocycles. The highest BCUT2D eigenvalue weighted by atomic mass is 32.1. The summed E-state index contributed by atoms with van der Waals surface area (Å²) in [6.07, 6.45) is -0.370. The average Bonchev–Trinajstić information content (AvgIpc) is 2.53. The van der Waals surface area contributed by atoms with E-state index in [2.05, 4.69) is 6.58 Å². The van der Waals surface area contributed by atoms with Gasteiger partial charge in [0.2, 0.25) is 0 Å². The minimum Gasteiger partial charge on any atom is -0.386 e. The number of aliphatic hydroxyl groups excluding tert-OH is 2. The van der Waals surface area contributed by atoms with Gasteiger partial charge in [0.1, 0.15) is 12.2 Å². The number of hydrogen-bond acceptors (Lipinski definition) is 3. The molecule has 2 nitrogen and oxygen atoms in total. The van der Waals surface area contributed by atoms with Gasteiger partial charge in [-0.05, 0) is 11.4 Å². The summed E-state index contributed by atoms with van der Waals surface area (Å²) in [6, 6.07) is 3.61. The first-order valence-electron chi connectivity index (χ1n) is 3.28. The predicted octanol–water partition coefficient (Wildman–Crippen LogP) is 1.33. The average molecular weight is 170 g/mol. The van der Waals surface area contributed by atoms with Crippen LogP contribution in [0.1, 0.15) is 11.0 Å². The molecule has 0 spiro atoms. The molecule has 11 heavy (non-hydrogen) atoms. The lowest BCUT2D eigenvalue weighted by Gasteiger charge is -2.11. The van der Waals surface area contributed by atoms with Gasteiger partial charge in [0, 0.05) is 4.88 Å². The van der Waals surface area contributed by atoms with Crippen molar-refractivity contribution in [1.82, 2.24) is 0 Å². The molecular weight excluding hydrogens is 160 g/mol. The lowest BCUT2D eigenvalue weighted by atomic mass is 10.2. The lowest BCUT2D eigenvalue weighted by Crippen LogP contribution is -2.13. The second-order valence-corrected chi connectivity index (χ2v) is 3.17. The van der Waals surface area contributed by atoms with Crippen LogP contribution in [0.2, 0.25) is 0 Å². The molecular formula is C8H10O2S. The van der Waals surface area contributed by atoms with Crippen LogP contribution >= 0.6 is 11.3 Å². The smallest absolute Gasteiger partial charge is 0.118 e. The molecule has 3 heteroatoms. The summed E-state index contributed by atoms with van der Waals surface area (Å²) >= 11 is 1.42. The molecule has 0 bridgehead atoms. The van der Waals surface area contributed by atoms with E-state index in [4.69, 9.17) is 5.11 Å². The van der Waals surface area contributed by atoms with Crippen molar-refractivity contribution in [3.8, 4) is 0 Å². The molecule has 1 rings (SSSR count). The van der Waals surface area contributed by atoms with E-state index in [1.165, 1.54) is 17.4 Å². The van der Waals surface area contributed by atoms with Crippen molar-refractivity contribution in [3.05, 3.63) is 35.0 Å². The summed E-state index contributed by atoms with van der Waals surface area (Å²) in [6.45, 7) is 3.39. The Kier molecular flexibility index (Phi) is 2.82. The molecule has 0 unspecified atom stereocenters. The van der Waals surface area contributed by atoms with Gasteiger partial charge in [-0.1, -0.05) is 12.1 Å². The highest BCUT2D eigenvalue weighted by Crippen LogP contribution is 2.21. The number of thiophene rings is 1. The third kappa shape index (κ3) is 1.89. The molecule has 0 fully saturated rings. The van der Waals surface area contributed by atoms with Crippen molar-refractivity contribution in [2.75, 3.05) is 0 Å². The summed E-state index contributed by atoms with van der Waals surface area (Å²) in [5.41, 5.74) is 0. The molecule has 1 aromatic rings. The fourth-order valence-electron chi connectivity index (χ4n) is 0.757. The van der Waals surface area contributed by atoms with Crippen LogP contribution in [0, 0.1) is 0 Å². The zero-order chi connectivity index (χ0) is 8.27. The third-order valence-corrected chi connectivity index (χ3v) is 2.34. The summed E-state index contributed by atoms with van der Waals surface area (Å²) in [4.78, 5) is 0.761. The van der Waals surface area contributed by atoms with Crippen LogP contribution in [0.15, 0.2) is 30.2 Å². The monoisotopic (exact) mass is 170 g/mol. The van der Waals surface area contributed by atoms with E-state index in [-0.39, 0.29) is 0 Å². The van der Waals surface area contributed by atoms with Gasteiger partial charge >= 0.3 is 0 Å². The second-order valence-electron chi connectivity index (χ2n) is 2.19. The van der Waals surface area contributed by atoms with Crippen molar-refractivity contribution in [2.45, 2.75) is 12.2 Å². The van der Waals surface area contributed by atoms with Gasteiger partial charge in [0.25, 0.3) is 0 Å². The van der Waals surface area contributed by atoms with Gasteiger partial charge in [-0.25, -0.2) is 0 Å². The molecule has 1 aromatic heterocycles. The van der Waals surface area contributed by atoms with Gasteiger partial charge in [0.05, 0.1) is 0 Å². The van der Waals surface area contributed by atoms with Crippen molar-refractivity contribution in [1.29, 1.82) is 0 Å². The molecule has 1 heterocycles. The van der Waals surface area contributed by atoms with Crippen molar-refractivity contribution in [2.24, 2.45) is 0 Å². The summed E-state index contributed by atoms with van der Waals surface area (Å²) in [7, 11) is 0. The van der Waals surface area contributed by atoms with E-state index < -0.39 is 12.2 Å². The second kappa shape index (κ2) is 3.67. The first-order valence-corrected chi connectivity index (χ1v) is 4.15. The third-order valence-electron chi connectivity index (χ3n) is 1.40. The largest absolute Gasteiger partial charge is 0.386 e. The molecule has 0 aliphatic heterocycles. The molecule has 0 amide bonds. The van der Waals surface area contributed by atoms with Crippen LogP contribution in [-0.4, -0.2) is 16.3 Å². The molecule has 0 saturated heterocycles. The van der Waals surface area contributed by atoms with Crippen LogP contribution in [0.25, 0.3) is 0 Å². The van der Waals surface area contributed by atoms with E-state index >= 15 is 0 Å². The summed E-state index contributed by atoms with van der Waals surface area (Å²) in [5.74, 6) is 0. The number of rotatable bonds is 3. The van der Waals surface area contributed by atoms with Crippen LogP contribution in [0.5, 0.6) is 0 Å². The normalized spacial score (nSPS) is 15.8. The Morgan fingerprint density at radius 2 is 2.27 bits per heavy atom. The Balaban J connectivity index is 2.69. The van der Waals surface area contributed by atoms with Crippen LogP contribution in [-0.2, 0) is 0 Å². The van der Waals surface area contributed by atoms with Gasteiger partial charge in [-0.15, -0.1) is 17.9 Å². The molecule has 0 saturated carbocycles. The summed E-state index contributed by atoms with van der Waals surface area (Å²) in [5, 5.41) is 20.4. The molecule has 0 aliphatic rings. The molecule has 2 N–H and O–H groups in total. The lowest BCUT2D eigenvalue weighted by molar-refractivity contribution is 0.0509. The zero-order valence-corrected chi connectivity index (χ0v) is 6.79. The minimum atomic E-state index is -0.867. The van der Waals surface area contributed by atoms with Crippen molar-refractivity contribution < 1.29 is 10.2 Å². The van der Waals surface area contributed by atoms with Gasteiger partial charge in [0.15, 0.2) is 0 Å². The Bertz CT molecular complexity index is 218. The first kappa shape index (κ1) is 8.46. The predicted molar refractivity (Wildman–Crippen MR) is 45.5 cm³/mol. The Labute approximate surface area is 69.4 Å². The zero-order valence-electron chi connectivity index (χ0n) is 5.97. The van der Waals surface area contributed by atoms with Gasteiger partial charge in [-0.2, -0.15) is 0 Å². The van der Waals surface area contributed by atoms with Crippen LogP contribution < -0.4 is 0 Å². The number of hydrogen-bond donors (Lipinski definition) is 2. The van der Waals surface area contributed by atoms with E-state index in [1.54, 1.807) is 6.07 Å². The van der Waals surface area contributed by atoms with Crippen molar-refractivity contribution >= 4 is 11.3 Å². The van der Waals surface area contributed by atoms with Crippen molar-refractivity contribution in [3.63, 3.8) is 0 Å². The van der Waals surface area contributed by atoms with E-state index in [0.29, 0.717) is 0 Å². The Morgan fingerprint density at radius 1 is 1.55 bits per heavy atom. The fraction of sp³-hybridized carbons (Fsp3) is 0.250. The topological polar surface area (TPSA) is 40.5 Å². The van der Waals surface area contributed by atoms with Crippen LogP contribution in [0.4, 0.5) is 0 Å². The molecule has 0 radical (unpaired) electrons. The standard InChI is InChI=1S/C8H10O2S/c1-2-6(9)8(10)7-4-3-5-11-7/h2-6,8-10H,1H2/t6-,8-/m1/s1. The molecule has 2 atom stereocenters. The Hall–Kier alpha value is -0.640. The minimum absolute atomic E-state index is 0.761. The summed E-state index contributed by atoms with van der Waals surface area (Å²) < 4.78 is 0. The maximum Gasteiger partial charge on any atom is 0.118 e. The van der Waals surface area contributed by atoms with Crippen LogP contribution in [0.3, 0.4) is 0 Å². The molecule has 60 valence electrons. The van der Waals surface area contributed by atoms with Gasteiger partial charge in [-0.3, -0.25) is 0 Å². The maximum atomic E-state index is 9.37. The highest BCUT2D eigenvalue weighted by Gasteiger charge is 2.15. The van der Waals surface area contributed by atoms with E-state index in [9.17, 15) is 5.11 Å². The quantitative estimate of drug-likeness (QED) is 0.672.